The zero-order chi connectivity index (χ0) is 24.2. The summed E-state index contributed by atoms with van der Waals surface area (Å²) in [6.07, 6.45) is 14.5. The molecule has 2 atom stereocenters. The molecule has 0 radical (unpaired) electrons. The second kappa shape index (κ2) is 14.6. The summed E-state index contributed by atoms with van der Waals surface area (Å²) >= 11 is 0. The highest BCUT2D eigenvalue weighted by atomic mass is 16.2. The van der Waals surface area contributed by atoms with E-state index < -0.39 is 0 Å². The van der Waals surface area contributed by atoms with Gasteiger partial charge >= 0.3 is 14.1 Å². The third kappa shape index (κ3) is 9.65. The molecule has 0 spiro atoms. The van der Waals surface area contributed by atoms with Crippen LogP contribution in [0.15, 0.2) is 31.2 Å². The number of nitrogens with zero attached hydrogens (tertiary/aromatic N) is 6. The first-order chi connectivity index (χ1) is 15.9. The van der Waals surface area contributed by atoms with Gasteiger partial charge in [0, 0.05) is 31.7 Å². The van der Waals surface area contributed by atoms with Crippen LogP contribution in [-0.2, 0) is 13.1 Å². The predicted octanol–water partition coefficient (Wildman–Crippen LogP) is 2.75. The van der Waals surface area contributed by atoms with E-state index in [9.17, 15) is 10.0 Å². The molecule has 184 valence electrons. The lowest BCUT2D eigenvalue weighted by Gasteiger charge is -2.33. The van der Waals surface area contributed by atoms with Gasteiger partial charge in [0.2, 0.25) is 0 Å². The van der Waals surface area contributed by atoms with Crippen LogP contribution in [0.25, 0.3) is 0 Å². The summed E-state index contributed by atoms with van der Waals surface area (Å²) < 4.78 is 4.28. The fraction of sp³-hybridized carbons (Fsp3) is 0.739. The topological polar surface area (TPSA) is 82.6 Å². The van der Waals surface area contributed by atoms with Crippen molar-refractivity contribution < 1.29 is 10.0 Å². The number of imidazole rings is 2. The fourth-order valence-corrected chi connectivity index (χ4v) is 4.73. The SMILES string of the molecule is CB(O)N1CCC[C@@H](Cn2ccnc2)C1.CB(O)N1CCC[C@@H](Cn2cnc(C)c2)C1.CC. The molecule has 0 amide bonds. The molecule has 2 fully saturated rings. The van der Waals surface area contributed by atoms with E-state index >= 15 is 0 Å². The van der Waals surface area contributed by atoms with Gasteiger partial charge in [0.05, 0.1) is 18.3 Å². The van der Waals surface area contributed by atoms with Crippen LogP contribution in [0.2, 0.25) is 13.6 Å². The van der Waals surface area contributed by atoms with Crippen molar-refractivity contribution in [3.63, 3.8) is 0 Å². The number of hydrogen-bond acceptors (Lipinski definition) is 6. The molecule has 10 heteroatoms. The largest absolute Gasteiger partial charge is 0.437 e. The zero-order valence-corrected chi connectivity index (χ0v) is 21.3. The highest BCUT2D eigenvalue weighted by Gasteiger charge is 2.25. The molecule has 0 saturated carbocycles. The van der Waals surface area contributed by atoms with Gasteiger partial charge in [0.1, 0.15) is 0 Å². The molecule has 33 heavy (non-hydrogen) atoms. The molecule has 0 bridgehead atoms. The Bertz CT molecular complexity index is 756. The molecule has 2 aliphatic rings. The molecular formula is C23H44B2N6O2. The molecule has 2 saturated heterocycles. The Morgan fingerprint density at radius 3 is 1.88 bits per heavy atom. The second-order valence-electron chi connectivity index (χ2n) is 9.24. The van der Waals surface area contributed by atoms with Crippen LogP contribution in [0, 0.1) is 18.8 Å². The molecule has 2 aliphatic heterocycles. The van der Waals surface area contributed by atoms with E-state index in [0.717, 1.165) is 45.0 Å². The molecule has 2 aromatic heterocycles. The van der Waals surface area contributed by atoms with E-state index in [0.29, 0.717) is 11.8 Å². The fourth-order valence-electron chi connectivity index (χ4n) is 4.73. The molecule has 0 aromatic carbocycles. The quantitative estimate of drug-likeness (QED) is 0.649. The number of rotatable bonds is 6. The van der Waals surface area contributed by atoms with Crippen LogP contribution in [0.1, 0.15) is 45.2 Å². The molecule has 4 rings (SSSR count). The minimum Gasteiger partial charge on any atom is -0.437 e. The third-order valence-electron chi connectivity index (χ3n) is 6.42. The predicted molar refractivity (Wildman–Crippen MR) is 137 cm³/mol. The van der Waals surface area contributed by atoms with Crippen LogP contribution >= 0.6 is 0 Å². The minimum atomic E-state index is -0.313. The van der Waals surface area contributed by atoms with Crippen molar-refractivity contribution in [3.8, 4) is 0 Å². The van der Waals surface area contributed by atoms with Crippen LogP contribution in [0.3, 0.4) is 0 Å². The van der Waals surface area contributed by atoms with Gasteiger partial charge in [0.25, 0.3) is 0 Å². The summed E-state index contributed by atoms with van der Waals surface area (Å²) in [7, 11) is -0.622. The van der Waals surface area contributed by atoms with Crippen LogP contribution < -0.4 is 0 Å². The lowest BCUT2D eigenvalue weighted by molar-refractivity contribution is 0.224. The standard InChI is InChI=1S/C11H20BN3O.C10H18BN3O.C2H6/c1-10-6-14(9-13-10)7-11-4-3-5-15(8-11)12(2)16;1-11(15)14-5-2-3-10(8-14)7-13-6-4-12-9-13;1-2/h6,9,11,16H,3-5,7-8H2,1-2H3;4,6,9-10,15H,2-3,5,7-8H2,1H3;1-2H3/t11-;10-;/m00./s1. The van der Waals surface area contributed by atoms with Crippen LogP contribution in [-0.4, -0.2) is 79.1 Å². The summed E-state index contributed by atoms with van der Waals surface area (Å²) in [5, 5.41) is 19.1. The Hall–Kier alpha value is -1.61. The highest BCUT2D eigenvalue weighted by Crippen LogP contribution is 2.19. The Kier molecular flexibility index (Phi) is 12.2. The third-order valence-corrected chi connectivity index (χ3v) is 6.42. The maximum Gasteiger partial charge on any atom is 0.376 e. The van der Waals surface area contributed by atoms with E-state index in [-0.39, 0.29) is 14.1 Å². The van der Waals surface area contributed by atoms with E-state index in [1.165, 1.54) is 25.7 Å². The average Bonchev–Trinajstić information content (AvgIpc) is 3.47. The zero-order valence-electron chi connectivity index (χ0n) is 21.3. The Balaban J connectivity index is 0.000000218. The van der Waals surface area contributed by atoms with Crippen molar-refractivity contribution in [2.24, 2.45) is 11.8 Å². The smallest absolute Gasteiger partial charge is 0.376 e. The van der Waals surface area contributed by atoms with Gasteiger partial charge < -0.3 is 28.8 Å². The van der Waals surface area contributed by atoms with E-state index in [4.69, 9.17) is 0 Å². The average molecular weight is 458 g/mol. The van der Waals surface area contributed by atoms with E-state index in [1.54, 1.807) is 0 Å². The Morgan fingerprint density at radius 2 is 1.45 bits per heavy atom. The molecule has 2 aromatic rings. The minimum absolute atomic E-state index is 0.310. The molecular weight excluding hydrogens is 414 g/mol. The van der Waals surface area contributed by atoms with Gasteiger partial charge in [-0.1, -0.05) is 13.8 Å². The summed E-state index contributed by atoms with van der Waals surface area (Å²) in [5.41, 5.74) is 1.07. The van der Waals surface area contributed by atoms with Crippen molar-refractivity contribution in [2.45, 2.75) is 73.2 Å². The monoisotopic (exact) mass is 458 g/mol. The van der Waals surface area contributed by atoms with Gasteiger partial charge in [-0.25, -0.2) is 9.97 Å². The summed E-state index contributed by atoms with van der Waals surface area (Å²) in [6.45, 7) is 15.8. The van der Waals surface area contributed by atoms with Gasteiger partial charge in [-0.05, 0) is 84.3 Å². The number of piperidine rings is 2. The Labute approximate surface area is 201 Å². The summed E-state index contributed by atoms with van der Waals surface area (Å²) in [5.74, 6) is 1.28. The summed E-state index contributed by atoms with van der Waals surface area (Å²) in [4.78, 5) is 12.6. The van der Waals surface area contributed by atoms with Crippen LogP contribution in [0.4, 0.5) is 0 Å². The maximum atomic E-state index is 9.57. The first-order valence-corrected chi connectivity index (χ1v) is 12.7. The van der Waals surface area contributed by atoms with Crippen molar-refractivity contribution in [3.05, 3.63) is 36.9 Å². The van der Waals surface area contributed by atoms with Crippen LogP contribution in [0.5, 0.6) is 0 Å². The second-order valence-corrected chi connectivity index (χ2v) is 9.24. The van der Waals surface area contributed by atoms with Crippen molar-refractivity contribution in [1.29, 1.82) is 0 Å². The molecule has 0 unspecified atom stereocenters. The molecule has 4 heterocycles. The lowest BCUT2D eigenvalue weighted by atomic mass is 9.80. The normalized spacial score (nSPS) is 21.4. The Morgan fingerprint density at radius 1 is 0.909 bits per heavy atom. The van der Waals surface area contributed by atoms with E-state index in [1.807, 2.05) is 59.5 Å². The molecule has 0 aliphatic carbocycles. The number of aromatic nitrogens is 4. The van der Waals surface area contributed by atoms with Crippen molar-refractivity contribution in [1.82, 2.24) is 28.7 Å². The summed E-state index contributed by atoms with van der Waals surface area (Å²) in [6, 6.07) is 0. The maximum absolute atomic E-state index is 9.57. The first kappa shape index (κ1) is 27.6. The molecule has 2 N–H and O–H groups in total. The van der Waals surface area contributed by atoms with Gasteiger partial charge in [0.15, 0.2) is 0 Å². The van der Waals surface area contributed by atoms with Crippen molar-refractivity contribution >= 4 is 14.1 Å². The van der Waals surface area contributed by atoms with E-state index in [2.05, 4.69) is 34.9 Å². The van der Waals surface area contributed by atoms with Gasteiger partial charge in [-0.3, -0.25) is 0 Å². The molecule has 8 nitrogen and oxygen atoms in total. The lowest BCUT2D eigenvalue weighted by Crippen LogP contribution is -2.45. The highest BCUT2D eigenvalue weighted by molar-refractivity contribution is 6.45. The van der Waals surface area contributed by atoms with Crippen molar-refractivity contribution in [2.75, 3.05) is 26.2 Å². The number of aryl methyl sites for hydroxylation is 1. The number of hydrogen-bond donors (Lipinski definition) is 2. The first-order valence-electron chi connectivity index (χ1n) is 12.7. The van der Waals surface area contributed by atoms with Gasteiger partial charge in [-0.15, -0.1) is 0 Å². The van der Waals surface area contributed by atoms with Gasteiger partial charge in [-0.2, -0.15) is 0 Å².